The number of carbonyl (C=O) groups is 1. The number of amides is 1. The lowest BCUT2D eigenvalue weighted by Crippen LogP contribution is -2.52. The Hall–Kier alpha value is -1.26. The molecule has 2 N–H and O–H groups in total. The van der Waals surface area contributed by atoms with Crippen LogP contribution >= 0.6 is 11.6 Å². The van der Waals surface area contributed by atoms with Crippen molar-refractivity contribution in [1.29, 1.82) is 0 Å². The van der Waals surface area contributed by atoms with Gasteiger partial charge >= 0.3 is 0 Å². The molecule has 2 rings (SSSR count). The smallest absolute Gasteiger partial charge is 0.244 e. The van der Waals surface area contributed by atoms with Crippen molar-refractivity contribution in [2.45, 2.75) is 51.5 Å². The van der Waals surface area contributed by atoms with Crippen molar-refractivity contribution >= 4 is 28.9 Å². The number of fused-ring (bicyclic) bond motifs is 1. The zero-order valence-corrected chi connectivity index (χ0v) is 15.1. The summed E-state index contributed by atoms with van der Waals surface area (Å²) in [5.41, 5.74) is 8.81. The van der Waals surface area contributed by atoms with Crippen LogP contribution in [-0.2, 0) is 11.2 Å². The van der Waals surface area contributed by atoms with Gasteiger partial charge in [0.15, 0.2) is 0 Å². The number of carbonyl (C=O) groups excluding carboxylic acids is 1. The second kappa shape index (κ2) is 8.02. The number of nitrogens with zero attached hydrogens (tertiary/aromatic N) is 2. The second-order valence-corrected chi connectivity index (χ2v) is 6.97. The van der Waals surface area contributed by atoms with E-state index in [0.29, 0.717) is 18.3 Å². The number of hydrogen-bond donors (Lipinski definition) is 1. The third-order valence-electron chi connectivity index (χ3n) is 4.41. The quantitative estimate of drug-likeness (QED) is 0.640. The number of nitrogens with two attached hydrogens (primary N) is 1. The van der Waals surface area contributed by atoms with Gasteiger partial charge in [0, 0.05) is 12.6 Å². The highest BCUT2D eigenvalue weighted by Gasteiger charge is 2.33. The molecule has 0 fully saturated rings. The molecule has 1 aromatic carbocycles. The van der Waals surface area contributed by atoms with E-state index in [1.165, 1.54) is 0 Å². The average Bonchev–Trinajstić information content (AvgIpc) is 2.53. The molecular formula is C18H28ClN3O. The van der Waals surface area contributed by atoms with Crippen LogP contribution in [0.4, 0.5) is 11.4 Å². The van der Waals surface area contributed by atoms with Gasteiger partial charge in [-0.25, -0.2) is 0 Å². The third-order valence-corrected chi connectivity index (χ3v) is 4.60. The first kappa shape index (κ1) is 18.1. The summed E-state index contributed by atoms with van der Waals surface area (Å²) in [6, 6.07) is 6.22. The number of para-hydroxylation sites is 1. The molecule has 1 amide bonds. The SMILES string of the molecule is CCCN(CCC)C1Cc2cccc(N)c2N(C(=O)C(C)Cl)C1. The molecule has 4 nitrogen and oxygen atoms in total. The number of benzene rings is 1. The molecule has 1 aliphatic rings. The average molecular weight is 338 g/mol. The van der Waals surface area contributed by atoms with E-state index in [2.05, 4.69) is 24.8 Å². The van der Waals surface area contributed by atoms with Crippen LogP contribution in [0, 0.1) is 0 Å². The molecule has 0 aromatic heterocycles. The van der Waals surface area contributed by atoms with Gasteiger partial charge in [-0.3, -0.25) is 9.69 Å². The molecule has 128 valence electrons. The molecule has 2 atom stereocenters. The summed E-state index contributed by atoms with van der Waals surface area (Å²) in [6.45, 7) is 8.88. The van der Waals surface area contributed by atoms with Crippen molar-refractivity contribution < 1.29 is 4.79 Å². The Morgan fingerprint density at radius 1 is 1.39 bits per heavy atom. The Morgan fingerprint density at radius 2 is 2.04 bits per heavy atom. The number of rotatable bonds is 6. The number of alkyl halides is 1. The summed E-state index contributed by atoms with van der Waals surface area (Å²) in [4.78, 5) is 16.9. The monoisotopic (exact) mass is 337 g/mol. The molecule has 1 heterocycles. The molecule has 0 spiro atoms. The van der Waals surface area contributed by atoms with Gasteiger partial charge in [-0.1, -0.05) is 26.0 Å². The fraction of sp³-hybridized carbons (Fsp3) is 0.611. The number of anilines is 2. The maximum Gasteiger partial charge on any atom is 0.244 e. The molecule has 0 radical (unpaired) electrons. The van der Waals surface area contributed by atoms with Crippen LogP contribution in [0.5, 0.6) is 0 Å². The van der Waals surface area contributed by atoms with E-state index in [1.807, 2.05) is 12.1 Å². The normalized spacial score (nSPS) is 18.8. The van der Waals surface area contributed by atoms with Crippen LogP contribution in [0.3, 0.4) is 0 Å². The topological polar surface area (TPSA) is 49.6 Å². The van der Waals surface area contributed by atoms with Gasteiger partial charge in [-0.15, -0.1) is 11.6 Å². The van der Waals surface area contributed by atoms with Crippen molar-refractivity contribution in [1.82, 2.24) is 4.90 Å². The maximum atomic E-state index is 12.6. The van der Waals surface area contributed by atoms with E-state index in [9.17, 15) is 4.79 Å². The molecule has 0 aliphatic carbocycles. The standard InChI is InChI=1S/C18H28ClN3O/c1-4-9-21(10-5-2)15-11-14-7-6-8-16(20)17(14)22(12-15)18(23)13(3)19/h6-8,13,15H,4-5,9-12,20H2,1-3H3. The van der Waals surface area contributed by atoms with E-state index in [-0.39, 0.29) is 5.91 Å². The molecule has 1 aliphatic heterocycles. The van der Waals surface area contributed by atoms with Gasteiger partial charge in [-0.2, -0.15) is 0 Å². The Labute approximate surface area is 144 Å². The molecule has 0 saturated heterocycles. The summed E-state index contributed by atoms with van der Waals surface area (Å²) in [7, 11) is 0. The summed E-state index contributed by atoms with van der Waals surface area (Å²) in [5.74, 6) is -0.0662. The zero-order chi connectivity index (χ0) is 17.0. The minimum atomic E-state index is -0.549. The molecule has 0 saturated carbocycles. The van der Waals surface area contributed by atoms with E-state index in [1.54, 1.807) is 11.8 Å². The van der Waals surface area contributed by atoms with Gasteiger partial charge in [0.2, 0.25) is 5.91 Å². The van der Waals surface area contributed by atoms with Crippen molar-refractivity contribution in [2.75, 3.05) is 30.3 Å². The highest BCUT2D eigenvalue weighted by molar-refractivity contribution is 6.32. The first-order valence-electron chi connectivity index (χ1n) is 8.56. The van der Waals surface area contributed by atoms with Crippen molar-refractivity contribution in [3.8, 4) is 0 Å². The molecule has 0 bridgehead atoms. The van der Waals surface area contributed by atoms with E-state index in [0.717, 1.165) is 43.6 Å². The summed E-state index contributed by atoms with van der Waals surface area (Å²) >= 11 is 6.08. The lowest BCUT2D eigenvalue weighted by Gasteiger charge is -2.41. The van der Waals surface area contributed by atoms with Gasteiger partial charge in [0.1, 0.15) is 5.38 Å². The largest absolute Gasteiger partial charge is 0.397 e. The van der Waals surface area contributed by atoms with Crippen molar-refractivity contribution in [3.63, 3.8) is 0 Å². The van der Waals surface area contributed by atoms with Crippen LogP contribution < -0.4 is 10.6 Å². The Balaban J connectivity index is 2.36. The highest BCUT2D eigenvalue weighted by atomic mass is 35.5. The predicted molar refractivity (Wildman–Crippen MR) is 98.2 cm³/mol. The van der Waals surface area contributed by atoms with Gasteiger partial charge in [0.25, 0.3) is 0 Å². The van der Waals surface area contributed by atoms with Crippen molar-refractivity contribution in [3.05, 3.63) is 23.8 Å². The van der Waals surface area contributed by atoms with Crippen LogP contribution in [0.15, 0.2) is 18.2 Å². The fourth-order valence-corrected chi connectivity index (χ4v) is 3.55. The van der Waals surface area contributed by atoms with E-state index >= 15 is 0 Å². The minimum absolute atomic E-state index is 0.0662. The van der Waals surface area contributed by atoms with Gasteiger partial charge in [0.05, 0.1) is 11.4 Å². The second-order valence-electron chi connectivity index (χ2n) is 6.31. The summed E-state index contributed by atoms with van der Waals surface area (Å²) in [6.07, 6.45) is 3.15. The third kappa shape index (κ3) is 3.99. The fourth-order valence-electron chi connectivity index (χ4n) is 3.44. The van der Waals surface area contributed by atoms with Gasteiger partial charge in [-0.05, 0) is 50.9 Å². The Morgan fingerprint density at radius 3 is 2.61 bits per heavy atom. The molecular weight excluding hydrogens is 310 g/mol. The zero-order valence-electron chi connectivity index (χ0n) is 14.4. The number of halogens is 1. The lowest BCUT2D eigenvalue weighted by molar-refractivity contribution is -0.118. The van der Waals surface area contributed by atoms with Crippen molar-refractivity contribution in [2.24, 2.45) is 0 Å². The maximum absolute atomic E-state index is 12.6. The van der Waals surface area contributed by atoms with Gasteiger partial charge < -0.3 is 10.6 Å². The number of nitrogen functional groups attached to an aromatic ring is 1. The van der Waals surface area contributed by atoms with Crippen LogP contribution in [0.1, 0.15) is 39.2 Å². The first-order valence-corrected chi connectivity index (χ1v) is 9.00. The summed E-state index contributed by atoms with van der Waals surface area (Å²) in [5, 5.41) is -0.549. The summed E-state index contributed by atoms with van der Waals surface area (Å²) < 4.78 is 0. The van der Waals surface area contributed by atoms with Crippen LogP contribution in [0.2, 0.25) is 0 Å². The Bertz CT molecular complexity index is 541. The molecule has 2 unspecified atom stereocenters. The molecule has 23 heavy (non-hydrogen) atoms. The lowest BCUT2D eigenvalue weighted by atomic mass is 9.95. The van der Waals surface area contributed by atoms with Crippen LogP contribution in [-0.4, -0.2) is 41.9 Å². The highest BCUT2D eigenvalue weighted by Crippen LogP contribution is 2.35. The molecule has 1 aromatic rings. The minimum Gasteiger partial charge on any atom is -0.397 e. The van der Waals surface area contributed by atoms with E-state index in [4.69, 9.17) is 17.3 Å². The predicted octanol–water partition coefficient (Wildman–Crippen LogP) is 3.28. The van der Waals surface area contributed by atoms with Crippen LogP contribution in [0.25, 0.3) is 0 Å². The van der Waals surface area contributed by atoms with E-state index < -0.39 is 5.38 Å². The molecule has 5 heteroatoms. The number of hydrogen-bond acceptors (Lipinski definition) is 3. The Kier molecular flexibility index (Phi) is 6.31. The first-order chi connectivity index (χ1) is 11.0.